The summed E-state index contributed by atoms with van der Waals surface area (Å²) in [5.74, 6) is -7.29. The number of nitrogens with zero attached hydrogens (tertiary/aromatic N) is 3. The van der Waals surface area contributed by atoms with E-state index in [2.05, 4.69) is 10.4 Å². The zero-order chi connectivity index (χ0) is 35.9. The number of fused-ring (bicyclic) bond motifs is 4. The number of alkyl halides is 3. The van der Waals surface area contributed by atoms with E-state index in [1.165, 1.54) is 18.1 Å². The first-order chi connectivity index (χ1) is 23.7. The van der Waals surface area contributed by atoms with E-state index < -0.39 is 63.6 Å². The summed E-state index contributed by atoms with van der Waals surface area (Å²) in [4.78, 5) is 62.0. The van der Waals surface area contributed by atoms with Crippen LogP contribution < -0.4 is 10.2 Å². The molecule has 1 aromatic heterocycles. The molecular formula is C35H29Cl2F3N4O6. The summed E-state index contributed by atoms with van der Waals surface area (Å²) in [5, 5.41) is 12.2. The molecule has 3 fully saturated rings. The fraction of sp³-hybridized carbons (Fsp3) is 0.343. The number of methoxy groups -OCH3 is 1. The highest BCUT2D eigenvalue weighted by Gasteiger charge is 2.70. The molecular weight excluding hydrogens is 700 g/mol. The van der Waals surface area contributed by atoms with Crippen molar-refractivity contribution in [1.82, 2.24) is 14.9 Å². The minimum absolute atomic E-state index is 0.0373. The van der Waals surface area contributed by atoms with Crippen LogP contribution in [0.25, 0.3) is 0 Å². The topological polar surface area (TPSA) is 129 Å². The Labute approximate surface area is 293 Å². The number of carbonyl (C=O) groups is 4. The van der Waals surface area contributed by atoms with Gasteiger partial charge in [-0.15, -0.1) is 0 Å². The third-order valence-electron chi connectivity index (χ3n) is 10.5. The van der Waals surface area contributed by atoms with E-state index in [-0.39, 0.29) is 54.1 Å². The second-order valence-electron chi connectivity index (χ2n) is 12.7. The quantitative estimate of drug-likeness (QED) is 0.229. The summed E-state index contributed by atoms with van der Waals surface area (Å²) in [7, 11) is 1.36. The highest BCUT2D eigenvalue weighted by atomic mass is 35.5. The van der Waals surface area contributed by atoms with Gasteiger partial charge in [0.25, 0.3) is 11.8 Å². The number of imide groups is 2. The number of aromatic nitrogens is 1. The maximum atomic E-state index is 15.2. The van der Waals surface area contributed by atoms with Gasteiger partial charge in [0.15, 0.2) is 17.3 Å². The lowest BCUT2D eigenvalue weighted by atomic mass is 9.49. The largest absolute Gasteiger partial charge is 0.504 e. The molecule has 6 unspecified atom stereocenters. The minimum Gasteiger partial charge on any atom is -0.504 e. The van der Waals surface area contributed by atoms with Crippen molar-refractivity contribution in [3.63, 3.8) is 0 Å². The van der Waals surface area contributed by atoms with Crippen LogP contribution in [0.1, 0.15) is 42.4 Å². The SMILES string of the molecule is CCN1C(=O)C2CC=C3C(CC4C(=O)N(Nc5ncc(C(F)(F)F)cc5Cl)C(=O)C4(c4ccc(Cl)cc4)C3c3cccc(OC)c3O)C2C1=O. The molecule has 2 saturated heterocycles. The molecule has 6 atom stereocenters. The molecule has 0 radical (unpaired) electrons. The maximum Gasteiger partial charge on any atom is 0.417 e. The van der Waals surface area contributed by atoms with E-state index in [0.29, 0.717) is 33.4 Å². The Kier molecular flexibility index (Phi) is 8.13. The van der Waals surface area contributed by atoms with E-state index in [1.54, 1.807) is 43.3 Å². The first-order valence-electron chi connectivity index (χ1n) is 15.8. The number of phenols is 1. The fourth-order valence-corrected chi connectivity index (χ4v) is 8.78. The van der Waals surface area contributed by atoms with Crippen molar-refractivity contribution in [1.29, 1.82) is 0 Å². The van der Waals surface area contributed by atoms with Crippen molar-refractivity contribution in [3.05, 3.63) is 93.1 Å². The van der Waals surface area contributed by atoms with Crippen LogP contribution in [0.5, 0.6) is 11.5 Å². The summed E-state index contributed by atoms with van der Waals surface area (Å²) in [6.45, 7) is 1.87. The number of carbonyl (C=O) groups excluding carboxylic acids is 4. The number of hydrogen-bond acceptors (Lipinski definition) is 8. The highest BCUT2D eigenvalue weighted by molar-refractivity contribution is 6.33. The van der Waals surface area contributed by atoms with Crippen LogP contribution in [0.4, 0.5) is 19.0 Å². The molecule has 4 aliphatic rings. The lowest BCUT2D eigenvalue weighted by Gasteiger charge is -2.50. The van der Waals surface area contributed by atoms with Crippen molar-refractivity contribution in [2.45, 2.75) is 37.3 Å². The number of phenolic OH excluding ortho intramolecular Hbond substituents is 1. The monoisotopic (exact) mass is 728 g/mol. The molecule has 2 N–H and O–H groups in total. The van der Waals surface area contributed by atoms with Gasteiger partial charge in [0.1, 0.15) is 0 Å². The van der Waals surface area contributed by atoms with E-state index >= 15 is 4.79 Å². The molecule has 0 bridgehead atoms. The standard InChI is InChI=1S/C35H29Cl2F3N4O6/c1-3-43-30(46)20-12-11-19-22(26(20)32(43)48)14-23-31(47)44(42-29-24(37)13-17(15-41-29)35(38,39)40)33(49)34(23,16-7-9-18(36)10-8-16)27(19)21-5-4-6-25(50-2)28(21)45/h4-11,13,15,20,22-23,26-27,45H,3,12,14H2,1-2H3,(H,41,42). The molecule has 15 heteroatoms. The van der Waals surface area contributed by atoms with Gasteiger partial charge >= 0.3 is 6.18 Å². The smallest absolute Gasteiger partial charge is 0.417 e. The number of halogens is 5. The van der Waals surface area contributed by atoms with Gasteiger partial charge in [-0.2, -0.15) is 18.2 Å². The second kappa shape index (κ2) is 12.0. The molecule has 3 heterocycles. The molecule has 7 rings (SSSR count). The number of hydrazine groups is 1. The number of amides is 4. The van der Waals surface area contributed by atoms with Gasteiger partial charge in [-0.05, 0) is 55.5 Å². The lowest BCUT2D eigenvalue weighted by Crippen LogP contribution is -2.53. The number of para-hydroxylation sites is 1. The number of benzene rings is 2. The van der Waals surface area contributed by atoms with E-state index in [9.17, 15) is 32.7 Å². The maximum absolute atomic E-state index is 15.2. The Balaban J connectivity index is 1.46. The number of hydrogen-bond donors (Lipinski definition) is 2. The number of pyridine rings is 1. The summed E-state index contributed by atoms with van der Waals surface area (Å²) < 4.78 is 45.6. The zero-order valence-electron chi connectivity index (χ0n) is 26.5. The number of rotatable bonds is 6. The van der Waals surface area contributed by atoms with Crippen molar-refractivity contribution in [3.8, 4) is 11.5 Å². The van der Waals surface area contributed by atoms with Crippen LogP contribution in [0.15, 0.2) is 66.4 Å². The van der Waals surface area contributed by atoms with Crippen molar-refractivity contribution >= 4 is 52.6 Å². The first-order valence-corrected chi connectivity index (χ1v) is 16.6. The van der Waals surface area contributed by atoms with Gasteiger partial charge < -0.3 is 9.84 Å². The van der Waals surface area contributed by atoms with E-state index in [1.807, 2.05) is 6.08 Å². The molecule has 3 aromatic rings. The Hall–Kier alpha value is -4.62. The molecule has 2 aromatic carbocycles. The fourth-order valence-electron chi connectivity index (χ4n) is 8.44. The van der Waals surface area contributed by atoms with Crippen LogP contribution in [0.3, 0.4) is 0 Å². The van der Waals surface area contributed by atoms with Gasteiger partial charge in [0.2, 0.25) is 11.8 Å². The van der Waals surface area contributed by atoms with Gasteiger partial charge in [-0.25, -0.2) is 4.98 Å². The predicted octanol–water partition coefficient (Wildman–Crippen LogP) is 6.13. The van der Waals surface area contributed by atoms with Gasteiger partial charge in [0.05, 0.1) is 40.9 Å². The van der Waals surface area contributed by atoms with Crippen LogP contribution in [0.2, 0.25) is 10.0 Å². The van der Waals surface area contributed by atoms with Gasteiger partial charge in [-0.1, -0.05) is 59.1 Å². The zero-order valence-corrected chi connectivity index (χ0v) is 28.0. The molecule has 10 nitrogen and oxygen atoms in total. The molecule has 4 amide bonds. The molecule has 260 valence electrons. The van der Waals surface area contributed by atoms with Crippen LogP contribution >= 0.6 is 23.2 Å². The lowest BCUT2D eigenvalue weighted by molar-refractivity contribution is -0.141. The number of anilines is 1. The average Bonchev–Trinajstić information content (AvgIpc) is 3.46. The van der Waals surface area contributed by atoms with Crippen LogP contribution in [0, 0.1) is 23.7 Å². The molecule has 0 spiro atoms. The van der Waals surface area contributed by atoms with E-state index in [0.717, 1.165) is 0 Å². The Morgan fingerprint density at radius 3 is 2.40 bits per heavy atom. The summed E-state index contributed by atoms with van der Waals surface area (Å²) in [5.41, 5.74) is 0.845. The molecule has 1 saturated carbocycles. The number of ether oxygens (including phenoxy) is 1. The summed E-state index contributed by atoms with van der Waals surface area (Å²) >= 11 is 12.5. The minimum atomic E-state index is -4.75. The van der Waals surface area contributed by atoms with Gasteiger partial charge in [-0.3, -0.25) is 29.5 Å². The summed E-state index contributed by atoms with van der Waals surface area (Å²) in [6, 6.07) is 11.7. The third-order valence-corrected chi connectivity index (χ3v) is 11.1. The normalized spacial score (nSPS) is 27.6. The van der Waals surface area contributed by atoms with Crippen LogP contribution in [-0.2, 0) is 30.8 Å². The number of nitrogens with one attached hydrogen (secondary N) is 1. The Bertz CT molecular complexity index is 1990. The first kappa shape index (κ1) is 33.9. The number of likely N-dealkylation sites (tertiary alicyclic amines) is 1. The molecule has 50 heavy (non-hydrogen) atoms. The molecule has 2 aliphatic carbocycles. The highest BCUT2D eigenvalue weighted by Crippen LogP contribution is 2.65. The average molecular weight is 730 g/mol. The third kappa shape index (κ3) is 4.80. The Morgan fingerprint density at radius 1 is 1.04 bits per heavy atom. The van der Waals surface area contributed by atoms with Crippen molar-refractivity contribution < 1.29 is 42.2 Å². The van der Waals surface area contributed by atoms with Crippen LogP contribution in [-0.4, -0.2) is 57.3 Å². The second-order valence-corrected chi connectivity index (χ2v) is 13.6. The van der Waals surface area contributed by atoms with E-state index in [4.69, 9.17) is 27.9 Å². The van der Waals surface area contributed by atoms with Gasteiger partial charge in [0, 0.05) is 29.2 Å². The predicted molar refractivity (Wildman–Crippen MR) is 174 cm³/mol. The Morgan fingerprint density at radius 2 is 1.76 bits per heavy atom. The molecule has 2 aliphatic heterocycles. The summed E-state index contributed by atoms with van der Waals surface area (Å²) in [6.07, 6.45) is -2.24. The number of allylic oxidation sites excluding steroid dienone is 2. The van der Waals surface area contributed by atoms with Crippen molar-refractivity contribution in [2.24, 2.45) is 23.7 Å². The number of aromatic hydroxyl groups is 1. The van der Waals surface area contributed by atoms with Crippen molar-refractivity contribution in [2.75, 3.05) is 19.1 Å².